The van der Waals surface area contributed by atoms with Crippen molar-refractivity contribution in [3.8, 4) is 0 Å². The molecule has 7 nitrogen and oxygen atoms in total. The molecule has 1 aliphatic rings. The molecule has 36 heavy (non-hydrogen) atoms. The first-order chi connectivity index (χ1) is 16.9. The molecule has 1 unspecified atom stereocenters. The second-order valence-corrected chi connectivity index (χ2v) is 11.1. The Morgan fingerprint density at radius 2 is 1.64 bits per heavy atom. The summed E-state index contributed by atoms with van der Waals surface area (Å²) in [6.45, 7) is 9.83. The lowest BCUT2D eigenvalue weighted by atomic mass is 9.85. The number of amides is 1. The standard InChI is InChI=1S/C28H28N2O5S/c1-15-26(36-16(2)29-15)24(33)22-23(18-8-10-19(11-9-18)28(3,4)5)30(27(35)25(22)34)20-12-6-17(7-13-20)14-21(31)32/h6-13,23,34H,14H2,1-5H3,(H,31,32). The predicted molar refractivity (Wildman–Crippen MR) is 139 cm³/mol. The van der Waals surface area contributed by atoms with Crippen LogP contribution in [-0.2, 0) is 21.4 Å². The van der Waals surface area contributed by atoms with Gasteiger partial charge < -0.3 is 10.2 Å². The summed E-state index contributed by atoms with van der Waals surface area (Å²) < 4.78 is 0. The van der Waals surface area contributed by atoms with Crippen molar-refractivity contribution < 1.29 is 24.6 Å². The number of carboxylic acids is 1. The zero-order valence-corrected chi connectivity index (χ0v) is 21.6. The number of benzene rings is 2. The molecule has 2 N–H and O–H groups in total. The largest absolute Gasteiger partial charge is 0.503 e. The Kier molecular flexibility index (Phi) is 6.58. The van der Waals surface area contributed by atoms with Gasteiger partial charge in [-0.3, -0.25) is 19.3 Å². The summed E-state index contributed by atoms with van der Waals surface area (Å²) in [5.41, 5.74) is 3.27. The minimum absolute atomic E-state index is 0.00451. The maximum atomic E-state index is 13.7. The molecule has 2 aromatic carbocycles. The number of thiazole rings is 1. The summed E-state index contributed by atoms with van der Waals surface area (Å²) >= 11 is 1.23. The fraction of sp³-hybridized carbons (Fsp3) is 0.286. The summed E-state index contributed by atoms with van der Waals surface area (Å²) in [5.74, 6) is -2.67. The first kappa shape index (κ1) is 25.3. The number of aliphatic hydroxyl groups excluding tert-OH is 1. The highest BCUT2D eigenvalue weighted by molar-refractivity contribution is 7.14. The van der Waals surface area contributed by atoms with Crippen LogP contribution in [0.25, 0.3) is 0 Å². The number of carbonyl (C=O) groups excluding carboxylic acids is 2. The second-order valence-electron chi connectivity index (χ2n) is 9.93. The minimum Gasteiger partial charge on any atom is -0.503 e. The van der Waals surface area contributed by atoms with Gasteiger partial charge in [0, 0.05) is 5.69 Å². The van der Waals surface area contributed by atoms with E-state index < -0.39 is 29.5 Å². The number of Topliss-reactive ketones (excluding diaryl/α,β-unsaturated/α-hetero) is 1. The molecule has 4 rings (SSSR count). The van der Waals surface area contributed by atoms with Crippen molar-refractivity contribution in [2.75, 3.05) is 4.90 Å². The maximum Gasteiger partial charge on any atom is 0.307 e. The number of aromatic nitrogens is 1. The number of aryl methyl sites for hydroxylation is 2. The molecule has 8 heteroatoms. The molecular formula is C28H28N2O5S. The highest BCUT2D eigenvalue weighted by Gasteiger charge is 2.45. The van der Waals surface area contributed by atoms with Gasteiger partial charge in [0.05, 0.1) is 33.6 Å². The third-order valence-corrected chi connectivity index (χ3v) is 7.30. The summed E-state index contributed by atoms with van der Waals surface area (Å²) in [4.78, 5) is 44.3. The van der Waals surface area contributed by atoms with E-state index in [1.165, 1.54) is 16.2 Å². The molecule has 0 fully saturated rings. The van der Waals surface area contributed by atoms with Gasteiger partial charge in [-0.2, -0.15) is 0 Å². The van der Waals surface area contributed by atoms with Gasteiger partial charge in [0.1, 0.15) is 0 Å². The molecule has 1 amide bonds. The first-order valence-corrected chi connectivity index (χ1v) is 12.4. The molecule has 1 atom stereocenters. The lowest BCUT2D eigenvalue weighted by Gasteiger charge is -2.28. The van der Waals surface area contributed by atoms with Gasteiger partial charge in [0.2, 0.25) is 5.78 Å². The van der Waals surface area contributed by atoms with Crippen molar-refractivity contribution in [1.29, 1.82) is 0 Å². The number of aliphatic carboxylic acids is 1. The quantitative estimate of drug-likeness (QED) is 0.431. The Morgan fingerprint density at radius 3 is 2.14 bits per heavy atom. The third-order valence-electron chi connectivity index (χ3n) is 6.22. The summed E-state index contributed by atoms with van der Waals surface area (Å²) in [6.07, 6.45) is -0.150. The van der Waals surface area contributed by atoms with Crippen LogP contribution < -0.4 is 4.90 Å². The Morgan fingerprint density at radius 1 is 1.03 bits per heavy atom. The van der Waals surface area contributed by atoms with E-state index in [0.29, 0.717) is 27.4 Å². The third kappa shape index (κ3) is 4.68. The average molecular weight is 505 g/mol. The van der Waals surface area contributed by atoms with E-state index in [4.69, 9.17) is 5.11 Å². The number of ketones is 1. The summed E-state index contributed by atoms with van der Waals surface area (Å²) in [7, 11) is 0. The van der Waals surface area contributed by atoms with Gasteiger partial charge in [-0.05, 0) is 48.1 Å². The lowest BCUT2D eigenvalue weighted by molar-refractivity contribution is -0.136. The number of rotatable bonds is 6. The molecule has 186 valence electrons. The topological polar surface area (TPSA) is 108 Å². The Hall–Kier alpha value is -3.78. The fourth-order valence-electron chi connectivity index (χ4n) is 4.40. The predicted octanol–water partition coefficient (Wildman–Crippen LogP) is 5.47. The van der Waals surface area contributed by atoms with Crippen molar-refractivity contribution in [2.45, 2.75) is 52.5 Å². The fourth-order valence-corrected chi connectivity index (χ4v) is 5.27. The van der Waals surface area contributed by atoms with Crippen LogP contribution in [0, 0.1) is 13.8 Å². The molecule has 1 aromatic heterocycles. The zero-order valence-electron chi connectivity index (χ0n) is 20.8. The van der Waals surface area contributed by atoms with Crippen molar-refractivity contribution >= 4 is 34.7 Å². The second kappa shape index (κ2) is 9.35. The van der Waals surface area contributed by atoms with Crippen LogP contribution in [0.3, 0.4) is 0 Å². The van der Waals surface area contributed by atoms with Crippen LogP contribution in [0.1, 0.15) is 63.9 Å². The monoisotopic (exact) mass is 504 g/mol. The smallest absolute Gasteiger partial charge is 0.307 e. The molecule has 0 aliphatic carbocycles. The van der Waals surface area contributed by atoms with Crippen LogP contribution in [0.15, 0.2) is 59.9 Å². The van der Waals surface area contributed by atoms with Crippen molar-refractivity contribution in [3.63, 3.8) is 0 Å². The van der Waals surface area contributed by atoms with Gasteiger partial charge in [0.25, 0.3) is 5.91 Å². The number of hydrogen-bond donors (Lipinski definition) is 2. The molecule has 0 spiro atoms. The molecule has 0 saturated carbocycles. The number of carbonyl (C=O) groups is 3. The Bertz CT molecular complexity index is 1380. The van der Waals surface area contributed by atoms with E-state index in [1.54, 1.807) is 38.1 Å². The van der Waals surface area contributed by atoms with Gasteiger partial charge in [-0.15, -0.1) is 11.3 Å². The molecule has 0 radical (unpaired) electrons. The minimum atomic E-state index is -0.959. The Labute approximate surface area is 213 Å². The first-order valence-electron chi connectivity index (χ1n) is 11.5. The van der Waals surface area contributed by atoms with Crippen molar-refractivity contribution in [1.82, 2.24) is 4.98 Å². The number of carboxylic acid groups (broad SMARTS) is 1. The average Bonchev–Trinajstić information content (AvgIpc) is 3.28. The van der Waals surface area contributed by atoms with E-state index in [2.05, 4.69) is 25.8 Å². The summed E-state index contributed by atoms with van der Waals surface area (Å²) in [6, 6.07) is 13.4. The number of anilines is 1. The number of aliphatic hydroxyl groups is 1. The van der Waals surface area contributed by atoms with Gasteiger partial charge in [-0.25, -0.2) is 4.98 Å². The number of hydrogen-bond acceptors (Lipinski definition) is 6. The van der Waals surface area contributed by atoms with Gasteiger partial charge in [-0.1, -0.05) is 57.2 Å². The highest BCUT2D eigenvalue weighted by Crippen LogP contribution is 2.43. The maximum absolute atomic E-state index is 13.7. The van der Waals surface area contributed by atoms with Gasteiger partial charge >= 0.3 is 5.97 Å². The van der Waals surface area contributed by atoms with Gasteiger partial charge in [0.15, 0.2) is 5.76 Å². The normalized spacial score (nSPS) is 16.1. The molecule has 1 aliphatic heterocycles. The van der Waals surface area contributed by atoms with Crippen LogP contribution >= 0.6 is 11.3 Å². The zero-order chi connectivity index (χ0) is 26.4. The van der Waals surface area contributed by atoms with Crippen molar-refractivity contribution in [3.05, 3.63) is 92.1 Å². The Balaban J connectivity index is 1.84. The lowest BCUT2D eigenvalue weighted by Crippen LogP contribution is -2.31. The van der Waals surface area contributed by atoms with E-state index in [1.807, 2.05) is 24.3 Å². The van der Waals surface area contributed by atoms with Crippen LogP contribution in [0.4, 0.5) is 5.69 Å². The molecule has 2 heterocycles. The van der Waals surface area contributed by atoms with E-state index in [-0.39, 0.29) is 17.4 Å². The molecular weight excluding hydrogens is 476 g/mol. The summed E-state index contributed by atoms with van der Waals surface area (Å²) in [5, 5.41) is 20.8. The number of nitrogens with zero attached hydrogens (tertiary/aromatic N) is 2. The van der Waals surface area contributed by atoms with E-state index in [9.17, 15) is 19.5 Å². The van der Waals surface area contributed by atoms with Crippen molar-refractivity contribution in [2.24, 2.45) is 0 Å². The molecule has 3 aromatic rings. The van der Waals surface area contributed by atoms with E-state index >= 15 is 0 Å². The SMILES string of the molecule is Cc1nc(C)c(C(=O)C2=C(O)C(=O)N(c3ccc(CC(=O)O)cc3)C2c2ccc(C(C)(C)C)cc2)s1. The molecule has 0 bridgehead atoms. The van der Waals surface area contributed by atoms with Crippen LogP contribution in [-0.4, -0.2) is 32.9 Å². The highest BCUT2D eigenvalue weighted by atomic mass is 32.1. The van der Waals surface area contributed by atoms with Crippen LogP contribution in [0.5, 0.6) is 0 Å². The van der Waals surface area contributed by atoms with E-state index in [0.717, 1.165) is 10.6 Å². The molecule has 0 saturated heterocycles. The van der Waals surface area contributed by atoms with Crippen LogP contribution in [0.2, 0.25) is 0 Å².